The summed E-state index contributed by atoms with van der Waals surface area (Å²) in [6.45, 7) is 13.4. The van der Waals surface area contributed by atoms with Gasteiger partial charge in [0.05, 0.1) is 13.2 Å². The van der Waals surface area contributed by atoms with Crippen LogP contribution in [0.3, 0.4) is 0 Å². The Morgan fingerprint density at radius 3 is 0.935 bits per heavy atom. The van der Waals surface area contributed by atoms with Gasteiger partial charge in [-0.1, -0.05) is 188 Å². The molecule has 6 atom stereocenters. The number of nitrogens with zero attached hydrogens (tertiary/aromatic N) is 4. The highest BCUT2D eigenvalue weighted by molar-refractivity contribution is 6.42. The molecule has 5 rings (SSSR count). The molecule has 788 valence electrons. The van der Waals surface area contributed by atoms with Gasteiger partial charge in [0.15, 0.2) is 0 Å². The number of hydrogen-bond acceptors (Lipinski definition) is 38. The molecule has 139 heavy (non-hydrogen) atoms. The van der Waals surface area contributed by atoms with Gasteiger partial charge in [-0.25, -0.2) is 0 Å². The van der Waals surface area contributed by atoms with E-state index in [-0.39, 0.29) is 79.3 Å². The Morgan fingerprint density at radius 1 is 0.338 bits per heavy atom. The van der Waals surface area contributed by atoms with E-state index >= 15 is 0 Å². The van der Waals surface area contributed by atoms with E-state index in [1.807, 2.05) is 50.2 Å². The monoisotopic (exact) mass is 1970 g/mol. The maximum Gasteiger partial charge on any atom is 0.451 e. The fraction of sp³-hybridized carbons (Fsp3) is 0.684. The van der Waals surface area contributed by atoms with Crippen LogP contribution in [0.5, 0.6) is 11.5 Å². The van der Waals surface area contributed by atoms with E-state index in [9.17, 15) is 0 Å². The lowest BCUT2D eigenvalue weighted by atomic mass is 9.83. The molecule has 0 aliphatic heterocycles. The topological polar surface area (TPSA) is 673 Å². The van der Waals surface area contributed by atoms with E-state index in [0.717, 1.165) is 256 Å². The second-order valence-corrected chi connectivity index (χ2v) is 34.8. The zero-order valence-corrected chi connectivity index (χ0v) is 84.2. The molecule has 1 aliphatic rings. The lowest BCUT2D eigenvalue weighted by Gasteiger charge is -2.23. The highest BCUT2D eigenvalue weighted by Gasteiger charge is 2.18. The summed E-state index contributed by atoms with van der Waals surface area (Å²) in [6.07, 6.45) is 39.2. The van der Waals surface area contributed by atoms with Crippen molar-refractivity contribution in [1.29, 1.82) is 0 Å². The number of aryl methyl sites for hydroxylation is 2. The van der Waals surface area contributed by atoms with Gasteiger partial charge in [-0.05, 0) is 262 Å². The Balaban J connectivity index is -0.000000291. The van der Waals surface area contributed by atoms with Crippen LogP contribution in [0.2, 0.25) is 37.9 Å². The molecule has 0 spiro atoms. The molecular weight excluding hydrogens is 1790 g/mol. The van der Waals surface area contributed by atoms with E-state index < -0.39 is 42.7 Å². The second-order valence-electron chi connectivity index (χ2n) is 34.8. The number of ether oxygens (including phenoxy) is 2. The predicted molar refractivity (Wildman–Crippen MR) is 540 cm³/mol. The second kappa shape index (κ2) is 109. The van der Waals surface area contributed by atoms with Crippen molar-refractivity contribution in [3.8, 4) is 11.5 Å². The Morgan fingerprint density at radius 2 is 0.619 bits per heavy atom. The van der Waals surface area contributed by atoms with Crippen LogP contribution >= 0.6 is 0 Å². The van der Waals surface area contributed by atoms with Crippen molar-refractivity contribution in [2.45, 2.75) is 332 Å². The quantitative estimate of drug-likeness (QED) is 0.0203. The van der Waals surface area contributed by atoms with Gasteiger partial charge in [0, 0.05) is 88.1 Å². The van der Waals surface area contributed by atoms with Crippen LogP contribution in [0.25, 0.3) is 0 Å². The van der Waals surface area contributed by atoms with Gasteiger partial charge < -0.3 is 130 Å². The molecule has 0 amide bonds. The highest BCUT2D eigenvalue weighted by Crippen LogP contribution is 2.21. The maximum atomic E-state index is 8.80. The van der Waals surface area contributed by atoms with Gasteiger partial charge in [0.1, 0.15) is 11.5 Å². The van der Waals surface area contributed by atoms with E-state index in [0.29, 0.717) is 44.5 Å². The van der Waals surface area contributed by atoms with Crippen molar-refractivity contribution >= 4 is 79.6 Å². The standard InChI is InChI=1S/C18H33BN2O3.C16H30BN3O2.C16H28BNO3.C15H26BNO2.C12H30BN3O2.C12H27BN2O2.6CO2/c1-15(2)24-18-9-7-16(8-10-18)14-21(3)13-11-17(20)6-4-5-12-19(22)23;18-11-13-20(14-15-6-2-1-3-7-15)12-9-16(19)8-4-5-10-17(21)22;1-21-16-11-9-14(10-12-16)6-2-3-7-15(18)8-4-5-13-17(19)20;17-15(12-6-7-13-16(18)19)11-5-4-10-14-8-2-1-3-9-14;1-15(2)10-11-16(3)9-7-12(14)6-4-5-8-13(17)18;14-11(5-3-4-9-13(16)17)8-10-15-12-6-1-2-7-12;6*2-1-3/h7-10,15,17,22-23H,4-6,11-14,20H2,1-3H3;1-3,6-7,16,21-22H,4-5,8-14,18-19H2;9-12,15,19-20H,2-8,13,18H2,1H3;1-3,8-9,15,18-19H,4-7,10-13,17H2;12,17-18H,4-11,14H2,1-3H3;11-12,15-17H,1-10,14H2;;;;;;. The summed E-state index contributed by atoms with van der Waals surface area (Å²) >= 11 is 0. The molecule has 38 nitrogen and oxygen atoms in total. The van der Waals surface area contributed by atoms with Crippen LogP contribution in [0.4, 0.5) is 0 Å². The van der Waals surface area contributed by atoms with Crippen molar-refractivity contribution in [1.82, 2.24) is 24.9 Å². The van der Waals surface area contributed by atoms with E-state index in [1.54, 1.807) is 7.11 Å². The number of hydrogen-bond donors (Lipinski definition) is 20. The van der Waals surface area contributed by atoms with Crippen molar-refractivity contribution < 1.29 is 127 Å². The first-order chi connectivity index (χ1) is 66.4. The molecule has 0 bridgehead atoms. The van der Waals surface area contributed by atoms with Crippen LogP contribution < -0.4 is 54.9 Å². The number of methoxy groups -OCH3 is 1. The minimum Gasteiger partial charge on any atom is -0.497 e. The van der Waals surface area contributed by atoms with Crippen molar-refractivity contribution in [2.75, 3.05) is 87.7 Å². The summed E-state index contributed by atoms with van der Waals surface area (Å²) in [7, 11) is 3.02. The highest BCUT2D eigenvalue weighted by atomic mass is 16.5. The van der Waals surface area contributed by atoms with Gasteiger partial charge in [-0.15, -0.1) is 0 Å². The first-order valence-corrected chi connectivity index (χ1v) is 48.7. The number of rotatable bonds is 65. The molecule has 0 heterocycles. The number of nitrogens with two attached hydrogens (primary N) is 7. The van der Waals surface area contributed by atoms with Crippen molar-refractivity contribution in [3.05, 3.63) is 131 Å². The summed E-state index contributed by atoms with van der Waals surface area (Å²) in [5.41, 5.74) is 47.4. The normalized spacial score (nSPS) is 12.1. The van der Waals surface area contributed by atoms with Gasteiger partial charge >= 0.3 is 79.6 Å². The number of nitrogens with one attached hydrogen (secondary N) is 1. The van der Waals surface area contributed by atoms with Crippen LogP contribution in [-0.4, -0.2) is 296 Å². The Bertz CT molecular complexity index is 3380. The van der Waals surface area contributed by atoms with Crippen LogP contribution in [0.15, 0.2) is 109 Å². The fourth-order valence-corrected chi connectivity index (χ4v) is 14.0. The molecule has 1 aliphatic carbocycles. The van der Waals surface area contributed by atoms with Gasteiger partial charge in [-0.3, -0.25) is 4.90 Å². The van der Waals surface area contributed by atoms with E-state index in [2.05, 4.69) is 126 Å². The third kappa shape index (κ3) is 119. The van der Waals surface area contributed by atoms with E-state index in [1.165, 1.54) is 60.8 Å². The average Bonchev–Trinajstić information content (AvgIpc) is 1.26. The first kappa shape index (κ1) is 144. The Hall–Kier alpha value is -7.81. The molecule has 0 aromatic heterocycles. The average molecular weight is 1970 g/mol. The molecule has 4 aromatic carbocycles. The molecule has 27 N–H and O–H groups in total. The molecule has 1 fully saturated rings. The molecule has 6 unspecified atom stereocenters. The summed E-state index contributed by atoms with van der Waals surface area (Å²) in [4.78, 5) is 107. The van der Waals surface area contributed by atoms with Crippen molar-refractivity contribution in [2.24, 2.45) is 40.1 Å². The summed E-state index contributed by atoms with van der Waals surface area (Å²) in [5, 5.41) is 109. The maximum absolute atomic E-state index is 8.80. The summed E-state index contributed by atoms with van der Waals surface area (Å²) in [5.74, 6) is 1.81. The lowest BCUT2D eigenvalue weighted by Crippen LogP contribution is -2.33. The Labute approximate surface area is 830 Å². The number of benzene rings is 4. The van der Waals surface area contributed by atoms with Crippen LogP contribution in [-0.2, 0) is 83.5 Å². The molecule has 4 aromatic rings. The lowest BCUT2D eigenvalue weighted by molar-refractivity contribution is -0.193. The SMILES string of the molecule is CC(C)Oc1ccc(CN(C)CCC(N)CCCCB(O)O)cc1.CN(C)CCN(C)CCC(N)CCCCB(O)O.COc1ccc(CCCCC(N)CCCCB(O)O)cc1.NC(CCCCB(O)O)CCCCc1ccccc1.NC(CCCCB(O)O)CCNC1CCCC1.NCCN(CCC(N)CCCCB(O)O)Cc1ccccc1.O=C=O.O=C=O.O=C=O.O=C=O.O=C=O.O=C=O. The largest absolute Gasteiger partial charge is 0.497 e. The van der Waals surface area contributed by atoms with Crippen molar-refractivity contribution in [3.63, 3.8) is 0 Å². The van der Waals surface area contributed by atoms with Crippen LogP contribution in [0.1, 0.15) is 242 Å². The van der Waals surface area contributed by atoms with Gasteiger partial charge in [0.2, 0.25) is 0 Å². The summed E-state index contributed by atoms with van der Waals surface area (Å²) < 4.78 is 10.8. The minimum absolute atomic E-state index is 0.159. The summed E-state index contributed by atoms with van der Waals surface area (Å²) in [6, 6.07) is 39.4. The number of likely N-dealkylation sites (N-methyl/N-ethyl adjacent to an activating group) is 2. The van der Waals surface area contributed by atoms with E-state index in [4.69, 9.17) is 167 Å². The number of carbonyl (C=O) groups excluding carboxylic acids is 12. The number of unbranched alkanes of at least 4 members (excludes halogenated alkanes) is 8. The predicted octanol–water partition coefficient (Wildman–Crippen LogP) is 5.04. The molecule has 0 radical (unpaired) electrons. The zero-order valence-electron chi connectivity index (χ0n) is 84.2. The smallest absolute Gasteiger partial charge is 0.451 e. The minimum atomic E-state index is -1.19. The zero-order chi connectivity index (χ0) is 106. The van der Waals surface area contributed by atoms with Gasteiger partial charge in [-0.2, -0.15) is 57.5 Å². The molecule has 44 heteroatoms. The molecule has 1 saturated carbocycles. The third-order valence-corrected chi connectivity index (χ3v) is 21.6. The van der Waals surface area contributed by atoms with Crippen LogP contribution in [0, 0.1) is 0 Å². The fourth-order valence-electron chi connectivity index (χ4n) is 14.0. The molecular formula is C95H174B6N12O26. The molecule has 0 saturated heterocycles. The first-order valence-electron chi connectivity index (χ1n) is 48.7. The Kier molecular flexibility index (Phi) is 113. The third-order valence-electron chi connectivity index (χ3n) is 21.6. The van der Waals surface area contributed by atoms with Gasteiger partial charge in [0.25, 0.3) is 0 Å².